The van der Waals surface area contributed by atoms with Gasteiger partial charge in [0.1, 0.15) is 11.6 Å². The molecular weight excluding hydrogens is 229 g/mol. The third kappa shape index (κ3) is 2.66. The molecule has 1 heterocycles. The van der Waals surface area contributed by atoms with E-state index in [1.807, 2.05) is 19.9 Å². The van der Waals surface area contributed by atoms with E-state index in [1.165, 1.54) is 0 Å². The van der Waals surface area contributed by atoms with E-state index in [1.54, 1.807) is 13.2 Å². The topological polar surface area (TPSA) is 21.3 Å². The maximum Gasteiger partial charge on any atom is 0.130 e. The van der Waals surface area contributed by atoms with Gasteiger partial charge in [0.25, 0.3) is 0 Å². The van der Waals surface area contributed by atoms with Gasteiger partial charge in [-0.2, -0.15) is 0 Å². The lowest BCUT2D eigenvalue weighted by Gasteiger charge is -2.24. The Morgan fingerprint density at radius 2 is 2.17 bits per heavy atom. The Morgan fingerprint density at radius 1 is 1.39 bits per heavy atom. The molecule has 18 heavy (non-hydrogen) atoms. The van der Waals surface area contributed by atoms with Crippen LogP contribution in [-0.2, 0) is 0 Å². The summed E-state index contributed by atoms with van der Waals surface area (Å²) >= 11 is 0. The SMILES string of the molecule is COc1cc(C2CCCNC2)cc(F)c1C(C)C. The molecule has 3 heteroatoms. The zero-order valence-electron chi connectivity index (χ0n) is 11.4. The molecule has 0 aromatic heterocycles. The average molecular weight is 251 g/mol. The van der Waals surface area contributed by atoms with Crippen LogP contribution in [0.15, 0.2) is 12.1 Å². The van der Waals surface area contributed by atoms with E-state index in [0.717, 1.165) is 31.5 Å². The summed E-state index contributed by atoms with van der Waals surface area (Å²) in [4.78, 5) is 0. The fourth-order valence-electron chi connectivity index (χ4n) is 2.71. The molecule has 0 amide bonds. The van der Waals surface area contributed by atoms with Gasteiger partial charge in [-0.25, -0.2) is 4.39 Å². The molecule has 2 nitrogen and oxygen atoms in total. The van der Waals surface area contributed by atoms with Gasteiger partial charge in [-0.05, 0) is 48.9 Å². The summed E-state index contributed by atoms with van der Waals surface area (Å²) in [6.45, 7) is 5.98. The van der Waals surface area contributed by atoms with Crippen molar-refractivity contribution in [3.63, 3.8) is 0 Å². The normalized spacial score (nSPS) is 20.2. The molecule has 100 valence electrons. The highest BCUT2D eigenvalue weighted by molar-refractivity contribution is 5.42. The van der Waals surface area contributed by atoms with Crippen molar-refractivity contribution < 1.29 is 9.13 Å². The maximum absolute atomic E-state index is 14.2. The fourth-order valence-corrected chi connectivity index (χ4v) is 2.71. The van der Waals surface area contributed by atoms with Crippen LogP contribution in [0.3, 0.4) is 0 Å². The van der Waals surface area contributed by atoms with Crippen molar-refractivity contribution in [2.45, 2.75) is 38.5 Å². The van der Waals surface area contributed by atoms with Gasteiger partial charge in [0.15, 0.2) is 0 Å². The van der Waals surface area contributed by atoms with E-state index in [-0.39, 0.29) is 11.7 Å². The van der Waals surface area contributed by atoms with Crippen LogP contribution in [0.2, 0.25) is 0 Å². The first-order chi connectivity index (χ1) is 8.63. The molecule has 1 aliphatic heterocycles. The third-order valence-corrected chi connectivity index (χ3v) is 3.68. The van der Waals surface area contributed by atoms with E-state index in [2.05, 4.69) is 5.32 Å². The number of piperidine rings is 1. The summed E-state index contributed by atoms with van der Waals surface area (Å²) in [5, 5.41) is 3.36. The minimum Gasteiger partial charge on any atom is -0.496 e. The number of halogens is 1. The lowest BCUT2D eigenvalue weighted by atomic mass is 9.89. The summed E-state index contributed by atoms with van der Waals surface area (Å²) in [5.74, 6) is 1.09. The molecule has 0 spiro atoms. The van der Waals surface area contributed by atoms with E-state index >= 15 is 0 Å². The van der Waals surface area contributed by atoms with Gasteiger partial charge in [-0.1, -0.05) is 13.8 Å². The molecule has 1 atom stereocenters. The molecule has 1 unspecified atom stereocenters. The van der Waals surface area contributed by atoms with Crippen LogP contribution in [0.1, 0.15) is 49.7 Å². The molecule has 1 N–H and O–H groups in total. The van der Waals surface area contributed by atoms with E-state index in [0.29, 0.717) is 17.2 Å². The van der Waals surface area contributed by atoms with Crippen LogP contribution >= 0.6 is 0 Å². The summed E-state index contributed by atoms with van der Waals surface area (Å²) < 4.78 is 19.6. The number of nitrogens with one attached hydrogen (secondary N) is 1. The molecule has 1 fully saturated rings. The van der Waals surface area contributed by atoms with Crippen molar-refractivity contribution >= 4 is 0 Å². The molecule has 1 aliphatic rings. The van der Waals surface area contributed by atoms with Crippen LogP contribution in [0, 0.1) is 5.82 Å². The standard InChI is InChI=1S/C15H22FNO/c1-10(2)15-13(16)7-12(8-14(15)18-3)11-5-4-6-17-9-11/h7-8,10-11,17H,4-6,9H2,1-3H3. The van der Waals surface area contributed by atoms with Crippen molar-refractivity contribution in [1.82, 2.24) is 5.32 Å². The first-order valence-corrected chi connectivity index (χ1v) is 6.71. The van der Waals surface area contributed by atoms with E-state index < -0.39 is 0 Å². The van der Waals surface area contributed by atoms with Crippen molar-refractivity contribution in [3.05, 3.63) is 29.1 Å². The van der Waals surface area contributed by atoms with Gasteiger partial charge in [0.05, 0.1) is 7.11 Å². The number of hydrogen-bond acceptors (Lipinski definition) is 2. The Labute approximate surface area is 109 Å². The molecule has 0 radical (unpaired) electrons. The molecule has 0 bridgehead atoms. The zero-order valence-corrected chi connectivity index (χ0v) is 11.4. The van der Waals surface area contributed by atoms with E-state index in [4.69, 9.17) is 4.74 Å². The lowest BCUT2D eigenvalue weighted by molar-refractivity contribution is 0.397. The summed E-state index contributed by atoms with van der Waals surface area (Å²) in [6.07, 6.45) is 2.27. The lowest BCUT2D eigenvalue weighted by Crippen LogP contribution is -2.28. The van der Waals surface area contributed by atoms with Crippen LogP contribution in [0.25, 0.3) is 0 Å². The first kappa shape index (κ1) is 13.3. The van der Waals surface area contributed by atoms with Crippen molar-refractivity contribution in [3.8, 4) is 5.75 Å². The third-order valence-electron chi connectivity index (χ3n) is 3.68. The van der Waals surface area contributed by atoms with E-state index in [9.17, 15) is 4.39 Å². The van der Waals surface area contributed by atoms with Crippen molar-refractivity contribution in [2.24, 2.45) is 0 Å². The second-order valence-electron chi connectivity index (χ2n) is 5.32. The second-order valence-corrected chi connectivity index (χ2v) is 5.32. The van der Waals surface area contributed by atoms with Crippen LogP contribution < -0.4 is 10.1 Å². The minimum absolute atomic E-state index is 0.134. The number of rotatable bonds is 3. The molecule has 2 rings (SSSR count). The predicted octanol–water partition coefficient (Wildman–Crippen LogP) is 3.42. The zero-order chi connectivity index (χ0) is 13.1. The van der Waals surface area contributed by atoms with Crippen LogP contribution in [0.5, 0.6) is 5.75 Å². The molecular formula is C15H22FNO. The average Bonchev–Trinajstić information content (AvgIpc) is 2.38. The number of hydrogen-bond donors (Lipinski definition) is 1. The van der Waals surface area contributed by atoms with Gasteiger partial charge >= 0.3 is 0 Å². The molecule has 1 aromatic carbocycles. The largest absolute Gasteiger partial charge is 0.496 e. The summed E-state index contributed by atoms with van der Waals surface area (Å²) in [6, 6.07) is 3.70. The monoisotopic (exact) mass is 251 g/mol. The van der Waals surface area contributed by atoms with Gasteiger partial charge in [0.2, 0.25) is 0 Å². The Balaban J connectivity index is 2.35. The van der Waals surface area contributed by atoms with Crippen molar-refractivity contribution in [1.29, 1.82) is 0 Å². The highest BCUT2D eigenvalue weighted by Crippen LogP contribution is 2.34. The Morgan fingerprint density at radius 3 is 2.72 bits per heavy atom. The fraction of sp³-hybridized carbons (Fsp3) is 0.600. The summed E-state index contributed by atoms with van der Waals surface area (Å²) in [5.41, 5.74) is 1.74. The first-order valence-electron chi connectivity index (χ1n) is 6.71. The summed E-state index contributed by atoms with van der Waals surface area (Å²) in [7, 11) is 1.61. The van der Waals surface area contributed by atoms with Gasteiger partial charge in [-0.15, -0.1) is 0 Å². The Hall–Kier alpha value is -1.09. The smallest absolute Gasteiger partial charge is 0.130 e. The Kier molecular flexibility index (Phi) is 4.23. The van der Waals surface area contributed by atoms with Gasteiger partial charge in [0, 0.05) is 12.1 Å². The maximum atomic E-state index is 14.2. The van der Waals surface area contributed by atoms with Gasteiger partial charge < -0.3 is 10.1 Å². The number of ether oxygens (including phenoxy) is 1. The molecule has 0 saturated carbocycles. The highest BCUT2D eigenvalue weighted by atomic mass is 19.1. The van der Waals surface area contributed by atoms with Crippen LogP contribution in [-0.4, -0.2) is 20.2 Å². The van der Waals surface area contributed by atoms with Crippen LogP contribution in [0.4, 0.5) is 4.39 Å². The van der Waals surface area contributed by atoms with Crippen molar-refractivity contribution in [2.75, 3.05) is 20.2 Å². The minimum atomic E-state index is -0.134. The highest BCUT2D eigenvalue weighted by Gasteiger charge is 2.20. The second kappa shape index (κ2) is 5.70. The molecule has 1 saturated heterocycles. The molecule has 1 aromatic rings. The Bertz CT molecular complexity index is 411. The quantitative estimate of drug-likeness (QED) is 0.888. The number of benzene rings is 1. The van der Waals surface area contributed by atoms with Gasteiger partial charge in [-0.3, -0.25) is 0 Å². The number of methoxy groups -OCH3 is 1. The molecule has 0 aliphatic carbocycles. The predicted molar refractivity (Wildman–Crippen MR) is 71.9 cm³/mol.